The summed E-state index contributed by atoms with van der Waals surface area (Å²) >= 11 is 3.14. The average molecular weight is 336 g/mol. The molecule has 0 aliphatic carbocycles. The molecule has 0 unspecified atom stereocenters. The maximum atomic E-state index is 13.7. The molecule has 0 aliphatic heterocycles. The van der Waals surface area contributed by atoms with E-state index in [0.717, 1.165) is 0 Å². The van der Waals surface area contributed by atoms with Crippen LogP contribution in [-0.4, -0.2) is 11.7 Å². The number of hydrogen-bond acceptors (Lipinski definition) is 2. The maximum absolute atomic E-state index is 13.7. The monoisotopic (exact) mass is 335 g/mol. The van der Waals surface area contributed by atoms with E-state index in [1.807, 2.05) is 0 Å². The fourth-order valence-corrected chi connectivity index (χ4v) is 2.32. The van der Waals surface area contributed by atoms with Crippen LogP contribution in [-0.2, 0) is 0 Å². The molecule has 0 aromatic heterocycles. The summed E-state index contributed by atoms with van der Waals surface area (Å²) in [7, 11) is 0. The minimum absolute atomic E-state index is 0.0918. The van der Waals surface area contributed by atoms with Crippen LogP contribution in [0.3, 0.4) is 0 Å². The number of nitrogens with one attached hydrogen (secondary N) is 1. The predicted octanol–water partition coefficient (Wildman–Crippen LogP) is 4.04. The van der Waals surface area contributed by atoms with Gasteiger partial charge in [-0.15, -0.1) is 0 Å². The first-order chi connectivity index (χ1) is 9.50. The summed E-state index contributed by atoms with van der Waals surface area (Å²) in [5, 5.41) is 2.56. The second-order valence-electron chi connectivity index (χ2n) is 4.15. The Morgan fingerprint density at radius 1 is 1.10 bits per heavy atom. The molecule has 2 aromatic carbocycles. The van der Waals surface area contributed by atoms with Crippen LogP contribution in [0.2, 0.25) is 0 Å². The molecular weight excluding hydrogens is 325 g/mol. The summed E-state index contributed by atoms with van der Waals surface area (Å²) < 4.78 is 14.1. The fourth-order valence-electron chi connectivity index (χ4n) is 1.80. The zero-order chi connectivity index (χ0) is 14.7. The molecule has 0 heterocycles. The largest absolute Gasteiger partial charge is 0.321 e. The van der Waals surface area contributed by atoms with Crippen LogP contribution in [0.5, 0.6) is 0 Å². The number of para-hydroxylation sites is 1. The minimum Gasteiger partial charge on any atom is -0.321 e. The quantitative estimate of drug-likeness (QED) is 0.860. The molecule has 1 N–H and O–H groups in total. The molecule has 5 heteroatoms. The highest BCUT2D eigenvalue weighted by molar-refractivity contribution is 9.10. The van der Waals surface area contributed by atoms with Crippen LogP contribution in [0, 0.1) is 5.82 Å². The number of Topliss-reactive ketones (excluding diaryl/α,β-unsaturated/α-hetero) is 1. The van der Waals surface area contributed by atoms with Crippen LogP contribution in [0.15, 0.2) is 46.9 Å². The van der Waals surface area contributed by atoms with Crippen molar-refractivity contribution in [1.29, 1.82) is 0 Å². The van der Waals surface area contributed by atoms with Gasteiger partial charge < -0.3 is 5.32 Å². The lowest BCUT2D eigenvalue weighted by Crippen LogP contribution is -2.16. The van der Waals surface area contributed by atoms with E-state index < -0.39 is 11.7 Å². The standard InChI is InChI=1S/C15H11BrFNO2/c1-9(19)10-5-2-3-8-13(10)18-15(20)14-11(16)6-4-7-12(14)17/h2-8H,1H3,(H,18,20). The van der Waals surface area contributed by atoms with Gasteiger partial charge in [0.1, 0.15) is 5.82 Å². The zero-order valence-corrected chi connectivity index (χ0v) is 12.2. The Kier molecular flexibility index (Phi) is 4.29. The summed E-state index contributed by atoms with van der Waals surface area (Å²) in [6, 6.07) is 10.9. The number of hydrogen-bond donors (Lipinski definition) is 1. The van der Waals surface area contributed by atoms with Gasteiger partial charge in [0.2, 0.25) is 0 Å². The Labute approximate surface area is 123 Å². The first-order valence-electron chi connectivity index (χ1n) is 5.86. The number of amides is 1. The van der Waals surface area contributed by atoms with Gasteiger partial charge in [-0.2, -0.15) is 0 Å². The Bertz CT molecular complexity index is 665. The SMILES string of the molecule is CC(=O)c1ccccc1NC(=O)c1c(F)cccc1Br. The van der Waals surface area contributed by atoms with Crippen molar-refractivity contribution in [3.63, 3.8) is 0 Å². The van der Waals surface area contributed by atoms with Crippen molar-refractivity contribution in [1.82, 2.24) is 0 Å². The number of rotatable bonds is 3. The highest BCUT2D eigenvalue weighted by Crippen LogP contribution is 2.22. The molecule has 0 fully saturated rings. The van der Waals surface area contributed by atoms with Crippen molar-refractivity contribution >= 4 is 33.3 Å². The van der Waals surface area contributed by atoms with E-state index in [1.165, 1.54) is 19.1 Å². The smallest absolute Gasteiger partial charge is 0.259 e. The summed E-state index contributed by atoms with van der Waals surface area (Å²) in [5.74, 6) is -1.41. The number of ketones is 1. The Morgan fingerprint density at radius 3 is 2.45 bits per heavy atom. The molecule has 102 valence electrons. The van der Waals surface area contributed by atoms with Crippen LogP contribution < -0.4 is 5.32 Å². The summed E-state index contributed by atoms with van der Waals surface area (Å²) in [6.07, 6.45) is 0. The van der Waals surface area contributed by atoms with Crippen LogP contribution >= 0.6 is 15.9 Å². The van der Waals surface area contributed by atoms with Gasteiger partial charge in [0.15, 0.2) is 5.78 Å². The summed E-state index contributed by atoms with van der Waals surface area (Å²) in [6.45, 7) is 1.41. The number of benzene rings is 2. The van der Waals surface area contributed by atoms with Crippen molar-refractivity contribution in [2.75, 3.05) is 5.32 Å². The first-order valence-corrected chi connectivity index (χ1v) is 6.65. The molecule has 20 heavy (non-hydrogen) atoms. The lowest BCUT2D eigenvalue weighted by atomic mass is 10.1. The van der Waals surface area contributed by atoms with Gasteiger partial charge in [0.25, 0.3) is 5.91 Å². The maximum Gasteiger partial charge on any atom is 0.259 e. The molecule has 0 bridgehead atoms. The number of carbonyl (C=O) groups is 2. The predicted molar refractivity (Wildman–Crippen MR) is 78.5 cm³/mol. The van der Waals surface area contributed by atoms with Crippen molar-refractivity contribution in [2.45, 2.75) is 6.92 Å². The highest BCUT2D eigenvalue weighted by atomic mass is 79.9. The van der Waals surface area contributed by atoms with Crippen LogP contribution in [0.25, 0.3) is 0 Å². The Morgan fingerprint density at radius 2 is 1.80 bits per heavy atom. The Hall–Kier alpha value is -2.01. The molecule has 2 rings (SSSR count). The van der Waals surface area contributed by atoms with Crippen LogP contribution in [0.4, 0.5) is 10.1 Å². The molecule has 0 spiro atoms. The molecule has 1 amide bonds. The highest BCUT2D eigenvalue weighted by Gasteiger charge is 2.17. The zero-order valence-electron chi connectivity index (χ0n) is 10.6. The van der Waals surface area contributed by atoms with E-state index in [4.69, 9.17) is 0 Å². The number of halogens is 2. The van der Waals surface area contributed by atoms with Gasteiger partial charge in [0.05, 0.1) is 11.3 Å². The van der Waals surface area contributed by atoms with E-state index >= 15 is 0 Å². The molecule has 2 aromatic rings. The summed E-state index contributed by atoms with van der Waals surface area (Å²) in [5.41, 5.74) is 0.652. The second kappa shape index (κ2) is 5.96. The third-order valence-electron chi connectivity index (χ3n) is 2.74. The van der Waals surface area contributed by atoms with E-state index in [2.05, 4.69) is 21.2 Å². The third kappa shape index (κ3) is 2.93. The molecule has 0 atom stereocenters. The normalized spacial score (nSPS) is 10.2. The third-order valence-corrected chi connectivity index (χ3v) is 3.41. The Balaban J connectivity index is 2.36. The average Bonchev–Trinajstić information content (AvgIpc) is 2.38. The lowest BCUT2D eigenvalue weighted by Gasteiger charge is -2.10. The van der Waals surface area contributed by atoms with Crippen molar-refractivity contribution in [3.8, 4) is 0 Å². The van der Waals surface area contributed by atoms with Crippen molar-refractivity contribution < 1.29 is 14.0 Å². The van der Waals surface area contributed by atoms with Gasteiger partial charge >= 0.3 is 0 Å². The summed E-state index contributed by atoms with van der Waals surface area (Å²) in [4.78, 5) is 23.6. The molecule has 3 nitrogen and oxygen atoms in total. The van der Waals surface area contributed by atoms with E-state index in [1.54, 1.807) is 30.3 Å². The van der Waals surface area contributed by atoms with Crippen molar-refractivity contribution in [3.05, 3.63) is 63.9 Å². The molecule has 0 saturated heterocycles. The minimum atomic E-state index is -0.628. The number of carbonyl (C=O) groups excluding carboxylic acids is 2. The van der Waals surface area contributed by atoms with E-state index in [-0.39, 0.29) is 11.3 Å². The van der Waals surface area contributed by atoms with Gasteiger partial charge in [-0.3, -0.25) is 9.59 Å². The molecule has 0 radical (unpaired) electrons. The van der Waals surface area contributed by atoms with Crippen molar-refractivity contribution in [2.24, 2.45) is 0 Å². The molecular formula is C15H11BrFNO2. The first kappa shape index (κ1) is 14.4. The van der Waals surface area contributed by atoms with E-state index in [0.29, 0.717) is 15.7 Å². The van der Waals surface area contributed by atoms with Gasteiger partial charge in [-0.1, -0.05) is 18.2 Å². The van der Waals surface area contributed by atoms with Gasteiger partial charge in [-0.25, -0.2) is 4.39 Å². The van der Waals surface area contributed by atoms with Gasteiger partial charge in [0, 0.05) is 10.0 Å². The second-order valence-corrected chi connectivity index (χ2v) is 5.01. The van der Waals surface area contributed by atoms with E-state index in [9.17, 15) is 14.0 Å². The molecule has 0 aliphatic rings. The number of anilines is 1. The lowest BCUT2D eigenvalue weighted by molar-refractivity contribution is 0.101. The van der Waals surface area contributed by atoms with Gasteiger partial charge in [-0.05, 0) is 47.1 Å². The fraction of sp³-hybridized carbons (Fsp3) is 0.0667. The van der Waals surface area contributed by atoms with Crippen LogP contribution in [0.1, 0.15) is 27.6 Å². The molecule has 0 saturated carbocycles. The topological polar surface area (TPSA) is 46.2 Å².